The van der Waals surface area contributed by atoms with Gasteiger partial charge in [-0.2, -0.15) is 11.3 Å². The molecule has 0 unspecified atom stereocenters. The van der Waals surface area contributed by atoms with Gasteiger partial charge in [-0.1, -0.05) is 31.2 Å². The summed E-state index contributed by atoms with van der Waals surface area (Å²) in [4.78, 5) is 26.8. The average Bonchev–Trinajstić information content (AvgIpc) is 3.47. The molecule has 0 bridgehead atoms. The Labute approximate surface area is 233 Å². The molecule has 2 aliphatic carbocycles. The van der Waals surface area contributed by atoms with Gasteiger partial charge in [0.05, 0.1) is 0 Å². The quantitative estimate of drug-likeness (QED) is 0.364. The van der Waals surface area contributed by atoms with E-state index in [1.54, 1.807) is 11.3 Å². The maximum Gasteiger partial charge on any atom is 0.225 e. The third kappa shape index (κ3) is 6.04. The van der Waals surface area contributed by atoms with Crippen molar-refractivity contribution >= 4 is 29.0 Å². The Morgan fingerprint density at radius 2 is 1.82 bits per heavy atom. The van der Waals surface area contributed by atoms with E-state index in [0.717, 1.165) is 47.9 Å². The molecule has 2 heterocycles. The molecule has 3 N–H and O–H groups in total. The zero-order valence-corrected chi connectivity index (χ0v) is 23.3. The Morgan fingerprint density at radius 3 is 2.44 bits per heavy atom. The maximum atomic E-state index is 13.5. The molecule has 0 spiro atoms. The van der Waals surface area contributed by atoms with Crippen molar-refractivity contribution in [1.29, 1.82) is 0 Å². The smallest absolute Gasteiger partial charge is 0.225 e. The van der Waals surface area contributed by atoms with Gasteiger partial charge < -0.3 is 16.0 Å². The second kappa shape index (κ2) is 11.5. The fourth-order valence-electron chi connectivity index (χ4n) is 5.88. The molecule has 2 fully saturated rings. The highest BCUT2D eigenvalue weighted by Crippen LogP contribution is 2.42. The van der Waals surface area contributed by atoms with Crippen LogP contribution < -0.4 is 11.1 Å². The molecule has 9 heteroatoms. The van der Waals surface area contributed by atoms with Crippen molar-refractivity contribution in [2.24, 2.45) is 11.7 Å². The fourth-order valence-corrected chi connectivity index (χ4v) is 6.53. The van der Waals surface area contributed by atoms with E-state index in [4.69, 9.17) is 5.73 Å². The number of halogens is 1. The van der Waals surface area contributed by atoms with Crippen molar-refractivity contribution in [2.75, 3.05) is 12.4 Å². The molecule has 2 aromatic heterocycles. The van der Waals surface area contributed by atoms with Crippen LogP contribution in [0.2, 0.25) is 0 Å². The largest absolute Gasteiger partial charge is 0.343 e. The van der Waals surface area contributed by atoms with Gasteiger partial charge in [-0.3, -0.25) is 9.59 Å². The normalized spacial score (nSPS) is 24.6. The summed E-state index contributed by atoms with van der Waals surface area (Å²) in [6, 6.07) is 12.0. The maximum absolute atomic E-state index is 13.5. The van der Waals surface area contributed by atoms with Crippen LogP contribution in [0.3, 0.4) is 0 Å². The van der Waals surface area contributed by atoms with Crippen LogP contribution in [0.15, 0.2) is 47.2 Å². The number of nitrogens with one attached hydrogen (secondary N) is 1. The van der Waals surface area contributed by atoms with E-state index in [2.05, 4.69) is 15.5 Å². The third-order valence-electron chi connectivity index (χ3n) is 8.33. The van der Waals surface area contributed by atoms with Gasteiger partial charge in [0, 0.05) is 55.4 Å². The predicted molar refractivity (Wildman–Crippen MR) is 153 cm³/mol. The lowest BCUT2D eigenvalue weighted by atomic mass is 9.71. The second-order valence-electron chi connectivity index (χ2n) is 11.0. The number of hydrogen-bond acceptors (Lipinski definition) is 6. The minimum Gasteiger partial charge on any atom is -0.343 e. The van der Waals surface area contributed by atoms with Gasteiger partial charge >= 0.3 is 0 Å². The molecule has 2 aliphatic rings. The van der Waals surface area contributed by atoms with Crippen LogP contribution in [0, 0.1) is 5.92 Å². The van der Waals surface area contributed by atoms with E-state index in [9.17, 15) is 14.0 Å². The lowest BCUT2D eigenvalue weighted by molar-refractivity contribution is -0.132. The summed E-state index contributed by atoms with van der Waals surface area (Å²) in [5.41, 5.74) is 10.2. The zero-order chi connectivity index (χ0) is 27.6. The Hall–Kier alpha value is -3.17. The molecule has 39 heavy (non-hydrogen) atoms. The van der Waals surface area contributed by atoms with E-state index in [1.807, 2.05) is 66.0 Å². The number of nitrogens with zero attached hydrogens (tertiary/aromatic N) is 3. The van der Waals surface area contributed by atoms with E-state index in [1.165, 1.54) is 0 Å². The lowest BCUT2D eigenvalue weighted by Crippen LogP contribution is -2.50. The van der Waals surface area contributed by atoms with Crippen molar-refractivity contribution in [3.63, 3.8) is 0 Å². The first-order valence-electron chi connectivity index (χ1n) is 13.8. The van der Waals surface area contributed by atoms with Crippen molar-refractivity contribution in [2.45, 2.75) is 76.0 Å². The second-order valence-corrected chi connectivity index (χ2v) is 11.8. The molecule has 0 aliphatic heterocycles. The first-order valence-corrected chi connectivity index (χ1v) is 14.7. The summed E-state index contributed by atoms with van der Waals surface area (Å²) in [7, 11) is 1.88. The number of aromatic nitrogens is 2. The van der Waals surface area contributed by atoms with Crippen LogP contribution in [0.5, 0.6) is 0 Å². The summed E-state index contributed by atoms with van der Waals surface area (Å²) < 4.78 is 13.5. The summed E-state index contributed by atoms with van der Waals surface area (Å²) in [6.45, 7) is 1.89. The highest BCUT2D eigenvalue weighted by Gasteiger charge is 2.42. The minimum atomic E-state index is -0.832. The molecule has 2 amide bonds. The number of hydrogen-bond donors (Lipinski definition) is 2. The van der Waals surface area contributed by atoms with E-state index >= 15 is 0 Å². The van der Waals surface area contributed by atoms with Gasteiger partial charge in [0.15, 0.2) is 5.82 Å². The number of anilines is 1. The third-order valence-corrected chi connectivity index (χ3v) is 9.02. The van der Waals surface area contributed by atoms with E-state index in [0.29, 0.717) is 43.1 Å². The molecule has 3 aromatic rings. The van der Waals surface area contributed by atoms with Crippen molar-refractivity contribution in [1.82, 2.24) is 15.1 Å². The molecular weight excluding hydrogens is 513 g/mol. The molecule has 0 radical (unpaired) electrons. The van der Waals surface area contributed by atoms with Crippen LogP contribution in [-0.4, -0.2) is 46.2 Å². The number of benzene rings is 1. The highest BCUT2D eigenvalue weighted by atomic mass is 32.1. The minimum absolute atomic E-state index is 0.0704. The number of nitrogens with two attached hydrogens (primary N) is 1. The topological polar surface area (TPSA) is 101 Å². The monoisotopic (exact) mass is 549 g/mol. The Kier molecular flexibility index (Phi) is 8.09. The van der Waals surface area contributed by atoms with Gasteiger partial charge in [-0.25, -0.2) is 4.39 Å². The Morgan fingerprint density at radius 1 is 1.10 bits per heavy atom. The molecule has 0 atom stereocenters. The first-order chi connectivity index (χ1) is 18.8. The Bertz CT molecular complexity index is 1300. The summed E-state index contributed by atoms with van der Waals surface area (Å²) in [6.07, 6.45) is 4.51. The number of alkyl halides is 1. The van der Waals surface area contributed by atoms with Crippen molar-refractivity contribution in [3.05, 3.63) is 52.7 Å². The number of carbonyl (C=O) groups excluding carboxylic acids is 2. The molecule has 5 rings (SSSR count). The van der Waals surface area contributed by atoms with Crippen molar-refractivity contribution < 1.29 is 14.0 Å². The number of rotatable bonds is 8. The van der Waals surface area contributed by atoms with Crippen LogP contribution in [0.4, 0.5) is 10.2 Å². The molecule has 206 valence electrons. The average molecular weight is 550 g/mol. The van der Waals surface area contributed by atoms with Gasteiger partial charge in [0.1, 0.15) is 11.9 Å². The highest BCUT2D eigenvalue weighted by molar-refractivity contribution is 7.08. The predicted octanol–water partition coefficient (Wildman–Crippen LogP) is 5.91. The number of carbonyl (C=O) groups is 2. The summed E-state index contributed by atoms with van der Waals surface area (Å²) in [5, 5.41) is 15.8. The molecule has 2 saturated carbocycles. The van der Waals surface area contributed by atoms with Crippen LogP contribution in [0.1, 0.15) is 63.9 Å². The molecule has 7 nitrogen and oxygen atoms in total. The van der Waals surface area contributed by atoms with Crippen LogP contribution >= 0.6 is 11.3 Å². The van der Waals surface area contributed by atoms with E-state index in [-0.39, 0.29) is 17.9 Å². The number of amides is 2. The molecule has 0 saturated heterocycles. The Balaban J connectivity index is 1.26. The SMILES string of the molecule is CCC(=O)N(C)C1CCC(CC(=O)Nc2cc(-c3ccsc3)c(-c3ccc([C@]4(N)C[C@H](F)C4)cc3)nn2)CC1. The van der Waals surface area contributed by atoms with Crippen LogP contribution in [0.25, 0.3) is 22.4 Å². The fraction of sp³-hybridized carbons (Fsp3) is 0.467. The molecular formula is C30H36FN5O2S. The van der Waals surface area contributed by atoms with Gasteiger partial charge in [0.2, 0.25) is 11.8 Å². The number of thiophene rings is 1. The van der Waals surface area contributed by atoms with E-state index < -0.39 is 11.7 Å². The molecule has 1 aromatic carbocycles. The van der Waals surface area contributed by atoms with Gasteiger partial charge in [-0.05, 0) is 65.6 Å². The zero-order valence-electron chi connectivity index (χ0n) is 22.5. The van der Waals surface area contributed by atoms with Gasteiger partial charge in [-0.15, -0.1) is 10.2 Å². The summed E-state index contributed by atoms with van der Waals surface area (Å²) in [5.74, 6) is 0.821. The first kappa shape index (κ1) is 27.4. The van der Waals surface area contributed by atoms with Crippen molar-refractivity contribution in [3.8, 4) is 22.4 Å². The summed E-state index contributed by atoms with van der Waals surface area (Å²) >= 11 is 1.59. The van der Waals surface area contributed by atoms with Gasteiger partial charge in [0.25, 0.3) is 0 Å². The lowest BCUT2D eigenvalue weighted by Gasteiger charge is -2.41. The van der Waals surface area contributed by atoms with Crippen LogP contribution in [-0.2, 0) is 15.1 Å². The standard InChI is InChI=1S/C30H36FN5O2S/c1-3-28(38)36(2)24-10-4-19(5-11-24)14-27(37)33-26-15-25(21-12-13-39-18-21)29(35-34-26)20-6-8-22(9-7-20)30(32)16-23(31)17-30/h6-9,12-13,15,18-19,23-24H,3-5,10-11,14,16-17,32H2,1-2H3,(H,33,34,37)/t19?,23-,24?,30-.